The van der Waals surface area contributed by atoms with E-state index in [1.165, 1.54) is 12.1 Å². The van der Waals surface area contributed by atoms with Crippen LogP contribution in [0.3, 0.4) is 0 Å². The minimum Gasteiger partial charge on any atom is -0.455 e. The molecule has 7 heteroatoms. The van der Waals surface area contributed by atoms with E-state index in [4.69, 9.17) is 16.0 Å². The fourth-order valence-electron chi connectivity index (χ4n) is 2.05. The van der Waals surface area contributed by atoms with Crippen molar-refractivity contribution in [2.45, 2.75) is 0 Å². The Kier molecular flexibility index (Phi) is 4.78. The Labute approximate surface area is 150 Å². The number of nitrogens with zero attached hydrogens (tertiary/aromatic N) is 2. The second-order valence-electron chi connectivity index (χ2n) is 4.86. The van der Waals surface area contributed by atoms with E-state index in [-0.39, 0.29) is 10.7 Å². The topological polar surface area (TPSA) is 68.6 Å². The Morgan fingerprint density at radius 2 is 1.88 bits per heavy atom. The van der Waals surface area contributed by atoms with Crippen LogP contribution in [0.4, 0.5) is 11.4 Å². The molecule has 2 aromatic carbocycles. The van der Waals surface area contributed by atoms with Gasteiger partial charge in [-0.25, -0.2) is 0 Å². The molecule has 0 aliphatic carbocycles. The highest BCUT2D eigenvalue weighted by Crippen LogP contribution is 2.32. The molecule has 5 nitrogen and oxygen atoms in total. The largest absolute Gasteiger partial charge is 0.455 e. The van der Waals surface area contributed by atoms with Crippen molar-refractivity contribution >= 4 is 45.1 Å². The van der Waals surface area contributed by atoms with E-state index in [1.54, 1.807) is 24.4 Å². The summed E-state index contributed by atoms with van der Waals surface area (Å²) in [7, 11) is 0. The van der Waals surface area contributed by atoms with Gasteiger partial charge in [-0.3, -0.25) is 15.1 Å². The van der Waals surface area contributed by atoms with Gasteiger partial charge < -0.3 is 4.42 Å². The zero-order valence-electron chi connectivity index (χ0n) is 12.1. The van der Waals surface area contributed by atoms with E-state index in [9.17, 15) is 10.1 Å². The maximum Gasteiger partial charge on any atom is 0.270 e. The van der Waals surface area contributed by atoms with Crippen molar-refractivity contribution in [1.82, 2.24) is 0 Å². The van der Waals surface area contributed by atoms with Crippen molar-refractivity contribution in [3.05, 3.63) is 80.0 Å². The maximum atomic E-state index is 10.7. The number of hydrogen-bond donors (Lipinski definition) is 0. The maximum absolute atomic E-state index is 10.7. The quantitative estimate of drug-likeness (QED) is 0.303. The number of halogens is 2. The first kappa shape index (κ1) is 16.4. The lowest BCUT2D eigenvalue weighted by Gasteiger charge is -2.00. The molecule has 120 valence electrons. The average Bonchev–Trinajstić information content (AvgIpc) is 3.03. The second kappa shape index (κ2) is 6.98. The smallest absolute Gasteiger partial charge is 0.270 e. The van der Waals surface area contributed by atoms with E-state index in [0.717, 1.165) is 10.2 Å². The highest BCUT2D eigenvalue weighted by atomic mass is 79.9. The van der Waals surface area contributed by atoms with E-state index >= 15 is 0 Å². The average molecular weight is 406 g/mol. The summed E-state index contributed by atoms with van der Waals surface area (Å²) < 4.78 is 6.66. The molecule has 0 aliphatic rings. The molecular weight excluding hydrogens is 396 g/mol. The van der Waals surface area contributed by atoms with E-state index in [1.807, 2.05) is 24.3 Å². The zero-order valence-corrected chi connectivity index (χ0v) is 14.5. The monoisotopic (exact) mass is 404 g/mol. The molecule has 0 bridgehead atoms. The molecule has 0 saturated carbocycles. The van der Waals surface area contributed by atoms with Crippen molar-refractivity contribution in [3.8, 4) is 11.3 Å². The number of benzene rings is 2. The molecule has 0 unspecified atom stereocenters. The van der Waals surface area contributed by atoms with Crippen LogP contribution in [0.25, 0.3) is 11.3 Å². The highest BCUT2D eigenvalue weighted by Gasteiger charge is 2.13. The first-order valence-electron chi connectivity index (χ1n) is 6.87. The van der Waals surface area contributed by atoms with Crippen LogP contribution < -0.4 is 0 Å². The van der Waals surface area contributed by atoms with Gasteiger partial charge in [-0.2, -0.15) is 0 Å². The minimum absolute atomic E-state index is 0.0627. The number of furan rings is 1. The van der Waals surface area contributed by atoms with Gasteiger partial charge in [0.05, 0.1) is 21.8 Å². The Balaban J connectivity index is 1.83. The van der Waals surface area contributed by atoms with Crippen LogP contribution in [-0.2, 0) is 0 Å². The SMILES string of the molecule is O=[N+]([O-])c1ccc(-c2ccc(C=Nc3ccc(Br)cc3)o2)c(Cl)c1. The lowest BCUT2D eigenvalue weighted by molar-refractivity contribution is -0.384. The number of rotatable bonds is 4. The van der Waals surface area contributed by atoms with Crippen molar-refractivity contribution in [1.29, 1.82) is 0 Å². The van der Waals surface area contributed by atoms with Crippen LogP contribution in [0.1, 0.15) is 5.76 Å². The molecule has 3 aromatic rings. The molecule has 3 rings (SSSR count). The second-order valence-corrected chi connectivity index (χ2v) is 6.18. The fraction of sp³-hybridized carbons (Fsp3) is 0. The van der Waals surface area contributed by atoms with Crippen molar-refractivity contribution in [2.75, 3.05) is 0 Å². The Bertz CT molecular complexity index is 920. The van der Waals surface area contributed by atoms with Gasteiger partial charge in [-0.1, -0.05) is 27.5 Å². The fourth-order valence-corrected chi connectivity index (χ4v) is 2.58. The predicted octanol–water partition coefficient (Wildman–Crippen LogP) is 6.02. The molecule has 24 heavy (non-hydrogen) atoms. The minimum atomic E-state index is -0.492. The molecule has 0 amide bonds. The van der Waals surface area contributed by atoms with E-state index < -0.39 is 4.92 Å². The van der Waals surface area contributed by atoms with Gasteiger partial charge in [0.25, 0.3) is 5.69 Å². The van der Waals surface area contributed by atoms with Gasteiger partial charge in [-0.05, 0) is 42.5 Å². The lowest BCUT2D eigenvalue weighted by atomic mass is 10.1. The van der Waals surface area contributed by atoms with Gasteiger partial charge in [-0.15, -0.1) is 0 Å². The van der Waals surface area contributed by atoms with Crippen LogP contribution in [0.5, 0.6) is 0 Å². The number of nitro groups is 1. The summed E-state index contributed by atoms with van der Waals surface area (Å²) in [6, 6.07) is 15.3. The summed E-state index contributed by atoms with van der Waals surface area (Å²) in [5.41, 5.74) is 1.32. The zero-order chi connectivity index (χ0) is 17.1. The molecule has 0 spiro atoms. The Morgan fingerprint density at radius 3 is 2.54 bits per heavy atom. The summed E-state index contributed by atoms with van der Waals surface area (Å²) in [5, 5.41) is 11.0. The van der Waals surface area contributed by atoms with Gasteiger partial charge in [0, 0.05) is 22.2 Å². The van der Waals surface area contributed by atoms with Gasteiger partial charge in [0.15, 0.2) is 0 Å². The third-order valence-corrected chi connectivity index (χ3v) is 4.06. The predicted molar refractivity (Wildman–Crippen MR) is 97.2 cm³/mol. The number of aliphatic imine (C=N–C) groups is 1. The van der Waals surface area contributed by atoms with Crippen molar-refractivity contribution in [2.24, 2.45) is 4.99 Å². The highest BCUT2D eigenvalue weighted by molar-refractivity contribution is 9.10. The summed E-state index contributed by atoms with van der Waals surface area (Å²) in [6.45, 7) is 0. The van der Waals surface area contributed by atoms with Crippen LogP contribution in [0, 0.1) is 10.1 Å². The summed E-state index contributed by atoms with van der Waals surface area (Å²) >= 11 is 9.47. The third kappa shape index (κ3) is 3.72. The van der Waals surface area contributed by atoms with Crippen LogP contribution in [0.15, 0.2) is 68.5 Å². The molecule has 0 atom stereocenters. The molecule has 0 aliphatic heterocycles. The molecular formula is C17H10BrClN2O3. The summed E-state index contributed by atoms with van der Waals surface area (Å²) in [4.78, 5) is 14.6. The molecule has 0 fully saturated rings. The standard InChI is InChI=1S/C17H10BrClN2O3/c18-11-1-3-12(4-2-11)20-10-14-6-8-17(24-14)15-7-5-13(21(22)23)9-16(15)19/h1-10H. The number of non-ortho nitro benzene ring substituents is 1. The van der Waals surface area contributed by atoms with Crippen LogP contribution >= 0.6 is 27.5 Å². The summed E-state index contributed by atoms with van der Waals surface area (Å²) in [5.74, 6) is 1.08. The molecule has 1 heterocycles. The summed E-state index contributed by atoms with van der Waals surface area (Å²) in [6.07, 6.45) is 1.60. The van der Waals surface area contributed by atoms with Crippen LogP contribution in [-0.4, -0.2) is 11.1 Å². The van der Waals surface area contributed by atoms with Crippen molar-refractivity contribution in [3.63, 3.8) is 0 Å². The van der Waals surface area contributed by atoms with Crippen LogP contribution in [0.2, 0.25) is 5.02 Å². The molecule has 0 N–H and O–H groups in total. The Morgan fingerprint density at radius 1 is 1.12 bits per heavy atom. The molecule has 0 radical (unpaired) electrons. The first-order chi connectivity index (χ1) is 11.5. The van der Waals surface area contributed by atoms with E-state index in [0.29, 0.717) is 17.1 Å². The Hall–Kier alpha value is -2.44. The van der Waals surface area contributed by atoms with Gasteiger partial charge in [0.1, 0.15) is 11.5 Å². The third-order valence-electron chi connectivity index (χ3n) is 3.22. The van der Waals surface area contributed by atoms with Gasteiger partial charge in [0.2, 0.25) is 0 Å². The molecule has 1 aromatic heterocycles. The van der Waals surface area contributed by atoms with E-state index in [2.05, 4.69) is 20.9 Å². The van der Waals surface area contributed by atoms with Gasteiger partial charge >= 0.3 is 0 Å². The lowest BCUT2D eigenvalue weighted by Crippen LogP contribution is -1.88. The molecule has 0 saturated heterocycles. The first-order valence-corrected chi connectivity index (χ1v) is 8.04. The number of hydrogen-bond acceptors (Lipinski definition) is 4. The van der Waals surface area contributed by atoms with Crippen molar-refractivity contribution < 1.29 is 9.34 Å². The number of nitro benzene ring substituents is 1. The normalized spacial score (nSPS) is 11.1.